The maximum absolute atomic E-state index is 12.0. The summed E-state index contributed by atoms with van der Waals surface area (Å²) in [5.41, 5.74) is 4.19. The summed E-state index contributed by atoms with van der Waals surface area (Å²) >= 11 is 7.14. The number of aromatic nitrogens is 2. The van der Waals surface area contributed by atoms with Gasteiger partial charge in [-0.15, -0.1) is 10.2 Å². The number of hydrogen-bond acceptors (Lipinski definition) is 5. The zero-order valence-corrected chi connectivity index (χ0v) is 16.0. The number of halogens is 1. The van der Waals surface area contributed by atoms with E-state index in [9.17, 15) is 4.79 Å². The lowest BCUT2D eigenvalue weighted by molar-refractivity contribution is -0.118. The molecule has 1 heterocycles. The van der Waals surface area contributed by atoms with Gasteiger partial charge >= 0.3 is 0 Å². The highest BCUT2D eigenvalue weighted by Gasteiger charge is 2.12. The second kappa shape index (κ2) is 8.38. The van der Waals surface area contributed by atoms with Crippen LogP contribution in [-0.4, -0.2) is 21.9 Å². The fourth-order valence-electron chi connectivity index (χ4n) is 2.29. The molecule has 7 heteroatoms. The highest BCUT2D eigenvalue weighted by molar-refractivity contribution is 7.99. The molecule has 1 amide bonds. The van der Waals surface area contributed by atoms with Crippen LogP contribution in [0.15, 0.2) is 52.1 Å². The van der Waals surface area contributed by atoms with E-state index in [1.54, 1.807) is 6.07 Å². The molecule has 0 aliphatic rings. The highest BCUT2D eigenvalue weighted by atomic mass is 35.5. The van der Waals surface area contributed by atoms with E-state index in [-0.39, 0.29) is 11.7 Å². The molecule has 1 aromatic heterocycles. The first-order valence-corrected chi connectivity index (χ1v) is 9.42. The van der Waals surface area contributed by atoms with E-state index < -0.39 is 0 Å². The van der Waals surface area contributed by atoms with Crippen molar-refractivity contribution in [1.29, 1.82) is 0 Å². The number of carbonyl (C=O) groups is 1. The molecule has 1 N–H and O–H groups in total. The molecule has 134 valence electrons. The van der Waals surface area contributed by atoms with Gasteiger partial charge in [0, 0.05) is 17.1 Å². The van der Waals surface area contributed by atoms with Gasteiger partial charge in [-0.2, -0.15) is 0 Å². The summed E-state index contributed by atoms with van der Waals surface area (Å²) < 4.78 is 5.64. The quantitative estimate of drug-likeness (QED) is 0.634. The Morgan fingerprint density at radius 1 is 1.15 bits per heavy atom. The Hall–Kier alpha value is -2.31. The van der Waals surface area contributed by atoms with Crippen molar-refractivity contribution in [2.45, 2.75) is 25.6 Å². The largest absolute Gasteiger partial charge is 0.411 e. The summed E-state index contributed by atoms with van der Waals surface area (Å²) in [5.74, 6) is 0.547. The molecule has 2 aromatic carbocycles. The number of nitrogens with one attached hydrogen (secondary N) is 1. The number of aryl methyl sites for hydroxylation is 2. The molecule has 0 radical (unpaired) electrons. The van der Waals surface area contributed by atoms with Gasteiger partial charge in [-0.1, -0.05) is 41.6 Å². The molecular formula is C19H18ClN3O2S. The van der Waals surface area contributed by atoms with Crippen LogP contribution in [-0.2, 0) is 11.3 Å². The Morgan fingerprint density at radius 2 is 2.00 bits per heavy atom. The third kappa shape index (κ3) is 4.86. The molecule has 0 atom stereocenters. The van der Waals surface area contributed by atoms with Crippen molar-refractivity contribution in [3.63, 3.8) is 0 Å². The fourth-order valence-corrected chi connectivity index (χ4v) is 3.09. The number of benzene rings is 2. The van der Waals surface area contributed by atoms with Crippen LogP contribution in [0.3, 0.4) is 0 Å². The first-order valence-electron chi connectivity index (χ1n) is 8.06. The van der Waals surface area contributed by atoms with Crippen LogP contribution < -0.4 is 5.32 Å². The number of rotatable bonds is 6. The van der Waals surface area contributed by atoms with E-state index in [0.29, 0.717) is 22.7 Å². The molecular weight excluding hydrogens is 370 g/mol. The minimum Gasteiger partial charge on any atom is -0.411 e. The van der Waals surface area contributed by atoms with Crippen LogP contribution in [0.1, 0.15) is 16.7 Å². The average molecular weight is 388 g/mol. The number of hydrogen-bond donors (Lipinski definition) is 1. The third-order valence-electron chi connectivity index (χ3n) is 3.87. The summed E-state index contributed by atoms with van der Waals surface area (Å²) in [4.78, 5) is 12.0. The zero-order chi connectivity index (χ0) is 18.5. The number of carbonyl (C=O) groups excluding carboxylic acids is 1. The molecule has 0 bridgehead atoms. The molecule has 0 saturated carbocycles. The maximum Gasteiger partial charge on any atom is 0.277 e. The normalized spacial score (nSPS) is 10.7. The monoisotopic (exact) mass is 387 g/mol. The van der Waals surface area contributed by atoms with E-state index in [1.165, 1.54) is 17.3 Å². The predicted molar refractivity (Wildman–Crippen MR) is 103 cm³/mol. The molecule has 0 spiro atoms. The molecule has 3 rings (SSSR count). The van der Waals surface area contributed by atoms with Crippen LogP contribution >= 0.6 is 23.4 Å². The minimum atomic E-state index is -0.110. The van der Waals surface area contributed by atoms with Crippen LogP contribution in [0, 0.1) is 13.8 Å². The molecule has 3 aromatic rings. The first kappa shape index (κ1) is 18.5. The molecule has 26 heavy (non-hydrogen) atoms. The van der Waals surface area contributed by atoms with E-state index in [2.05, 4.69) is 22.4 Å². The van der Waals surface area contributed by atoms with Gasteiger partial charge in [0.25, 0.3) is 5.22 Å². The summed E-state index contributed by atoms with van der Waals surface area (Å²) in [6, 6.07) is 13.4. The fraction of sp³-hybridized carbons (Fsp3) is 0.211. The second-order valence-corrected chi connectivity index (χ2v) is 7.23. The zero-order valence-electron chi connectivity index (χ0n) is 14.5. The third-order valence-corrected chi connectivity index (χ3v) is 4.92. The molecule has 0 aliphatic heterocycles. The average Bonchev–Trinajstić information content (AvgIpc) is 3.09. The van der Waals surface area contributed by atoms with Gasteiger partial charge in [-0.3, -0.25) is 4.79 Å². The van der Waals surface area contributed by atoms with Crippen LogP contribution in [0.4, 0.5) is 0 Å². The molecule has 0 unspecified atom stereocenters. The molecule has 0 saturated heterocycles. The number of amides is 1. The van der Waals surface area contributed by atoms with Gasteiger partial charge in [-0.25, -0.2) is 0 Å². The first-order chi connectivity index (χ1) is 12.5. The molecule has 5 nitrogen and oxygen atoms in total. The lowest BCUT2D eigenvalue weighted by Crippen LogP contribution is -2.24. The second-order valence-electron chi connectivity index (χ2n) is 5.87. The summed E-state index contributed by atoms with van der Waals surface area (Å²) in [5, 5.41) is 11.9. The Morgan fingerprint density at radius 3 is 2.77 bits per heavy atom. The van der Waals surface area contributed by atoms with Crippen LogP contribution in [0.5, 0.6) is 0 Å². The van der Waals surface area contributed by atoms with Gasteiger partial charge in [0.1, 0.15) is 0 Å². The number of nitrogens with zero attached hydrogens (tertiary/aromatic N) is 2. The predicted octanol–water partition coefficient (Wildman–Crippen LogP) is 4.42. The SMILES string of the molecule is Cc1ccc(-c2nnc(SCC(=O)NCc3cccc(Cl)c3)o2)cc1C. The summed E-state index contributed by atoms with van der Waals surface area (Å²) in [6.45, 7) is 4.52. The Balaban J connectivity index is 1.52. The smallest absolute Gasteiger partial charge is 0.277 e. The van der Waals surface area contributed by atoms with E-state index in [0.717, 1.165) is 16.7 Å². The topological polar surface area (TPSA) is 68.0 Å². The lowest BCUT2D eigenvalue weighted by Gasteiger charge is -2.04. The van der Waals surface area contributed by atoms with Gasteiger partial charge in [-0.05, 0) is 54.8 Å². The van der Waals surface area contributed by atoms with Crippen molar-refractivity contribution in [3.8, 4) is 11.5 Å². The number of thioether (sulfide) groups is 1. The van der Waals surface area contributed by atoms with Crippen molar-refractivity contribution in [3.05, 3.63) is 64.2 Å². The Labute approximate surface area is 161 Å². The van der Waals surface area contributed by atoms with Crippen LogP contribution in [0.2, 0.25) is 5.02 Å². The minimum absolute atomic E-state index is 0.110. The van der Waals surface area contributed by atoms with Crippen molar-refractivity contribution in [1.82, 2.24) is 15.5 Å². The van der Waals surface area contributed by atoms with Crippen LogP contribution in [0.25, 0.3) is 11.5 Å². The van der Waals surface area contributed by atoms with Crippen molar-refractivity contribution in [2.75, 3.05) is 5.75 Å². The summed E-state index contributed by atoms with van der Waals surface area (Å²) in [7, 11) is 0. The Kier molecular flexibility index (Phi) is 5.96. The van der Waals surface area contributed by atoms with Crippen molar-refractivity contribution >= 4 is 29.3 Å². The van der Waals surface area contributed by atoms with Crippen molar-refractivity contribution < 1.29 is 9.21 Å². The summed E-state index contributed by atoms with van der Waals surface area (Å²) in [6.07, 6.45) is 0. The van der Waals surface area contributed by atoms with E-state index in [1.807, 2.05) is 43.3 Å². The van der Waals surface area contributed by atoms with Gasteiger partial charge in [0.15, 0.2) is 0 Å². The molecule has 0 fully saturated rings. The van der Waals surface area contributed by atoms with E-state index >= 15 is 0 Å². The highest BCUT2D eigenvalue weighted by Crippen LogP contribution is 2.24. The lowest BCUT2D eigenvalue weighted by atomic mass is 10.1. The van der Waals surface area contributed by atoms with Crippen molar-refractivity contribution in [2.24, 2.45) is 0 Å². The van der Waals surface area contributed by atoms with Gasteiger partial charge in [0.2, 0.25) is 11.8 Å². The van der Waals surface area contributed by atoms with Gasteiger partial charge in [0.05, 0.1) is 5.75 Å². The standard InChI is InChI=1S/C19H18ClN3O2S/c1-12-6-7-15(8-13(12)2)18-22-23-19(25-18)26-11-17(24)21-10-14-4-3-5-16(20)9-14/h3-9H,10-11H2,1-2H3,(H,21,24). The van der Waals surface area contributed by atoms with E-state index in [4.69, 9.17) is 16.0 Å². The molecule has 0 aliphatic carbocycles. The Bertz CT molecular complexity index is 927. The van der Waals surface area contributed by atoms with Gasteiger partial charge < -0.3 is 9.73 Å². The maximum atomic E-state index is 12.0.